The number of halogens is 3. The zero-order valence-electron chi connectivity index (χ0n) is 7.58. The van der Waals surface area contributed by atoms with Crippen LogP contribution in [0.1, 0.15) is 0 Å². The second-order valence-corrected chi connectivity index (χ2v) is 3.50. The lowest BCUT2D eigenvalue weighted by atomic mass is 10.4. The average Bonchev–Trinajstić information content (AvgIpc) is 2.60. The van der Waals surface area contributed by atoms with E-state index in [4.69, 9.17) is 23.2 Å². The van der Waals surface area contributed by atoms with E-state index in [1.54, 1.807) is 24.0 Å². The van der Waals surface area contributed by atoms with Crippen molar-refractivity contribution in [2.75, 3.05) is 0 Å². The van der Waals surface area contributed by atoms with Crippen molar-refractivity contribution in [1.82, 2.24) is 19.7 Å². The Morgan fingerprint density at radius 1 is 1.27 bits per heavy atom. The maximum atomic E-state index is 13.0. The van der Waals surface area contributed by atoms with Crippen LogP contribution in [0.25, 0.3) is 11.5 Å². The highest BCUT2D eigenvalue weighted by molar-refractivity contribution is 6.33. The van der Waals surface area contributed by atoms with Crippen LogP contribution in [-0.4, -0.2) is 19.7 Å². The van der Waals surface area contributed by atoms with E-state index in [1.807, 2.05) is 0 Å². The fourth-order valence-electron chi connectivity index (χ4n) is 1.10. The van der Waals surface area contributed by atoms with E-state index >= 15 is 0 Å². The van der Waals surface area contributed by atoms with Crippen molar-refractivity contribution < 1.29 is 4.39 Å². The quantitative estimate of drug-likeness (QED) is 0.726. The van der Waals surface area contributed by atoms with Crippen molar-refractivity contribution in [2.24, 2.45) is 7.05 Å². The summed E-state index contributed by atoms with van der Waals surface area (Å²) < 4.78 is 14.6. The number of hydrogen-bond acceptors (Lipinski definition) is 3. The van der Waals surface area contributed by atoms with Crippen LogP contribution >= 0.6 is 23.2 Å². The van der Waals surface area contributed by atoms with Gasteiger partial charge in [0.1, 0.15) is 5.69 Å². The van der Waals surface area contributed by atoms with Crippen LogP contribution in [-0.2, 0) is 7.05 Å². The van der Waals surface area contributed by atoms with E-state index in [-0.39, 0.29) is 16.1 Å². The zero-order valence-corrected chi connectivity index (χ0v) is 9.09. The van der Waals surface area contributed by atoms with Gasteiger partial charge in [-0.1, -0.05) is 23.2 Å². The van der Waals surface area contributed by atoms with Gasteiger partial charge < -0.3 is 0 Å². The molecule has 0 spiro atoms. The lowest BCUT2D eigenvalue weighted by Crippen LogP contribution is -2.00. The van der Waals surface area contributed by atoms with E-state index in [0.29, 0.717) is 5.69 Å². The molecule has 0 N–H and O–H groups in total. The average molecular weight is 247 g/mol. The maximum Gasteiger partial charge on any atom is 0.197 e. The lowest BCUT2D eigenvalue weighted by molar-refractivity contribution is 0.614. The molecule has 2 heterocycles. The second-order valence-electron chi connectivity index (χ2n) is 2.78. The molecule has 0 saturated carbocycles. The molecule has 0 radical (unpaired) electrons. The summed E-state index contributed by atoms with van der Waals surface area (Å²) in [6.45, 7) is 0. The third kappa shape index (κ3) is 1.80. The number of aryl methyl sites for hydroxylation is 1. The van der Waals surface area contributed by atoms with Crippen LogP contribution in [0.4, 0.5) is 4.39 Å². The Kier molecular flexibility index (Phi) is 2.58. The van der Waals surface area contributed by atoms with Gasteiger partial charge in [0.05, 0.1) is 0 Å². The summed E-state index contributed by atoms with van der Waals surface area (Å²) in [6, 6.07) is 1.68. The molecule has 0 aliphatic heterocycles. The standard InChI is InChI=1S/C8H5Cl2FN4/c1-15-4(2-3-12-15)8-13-6(9)5(11)7(10)14-8/h2-3H,1H3. The number of rotatable bonds is 1. The van der Waals surface area contributed by atoms with Crippen molar-refractivity contribution in [3.8, 4) is 11.5 Å². The molecular weight excluding hydrogens is 242 g/mol. The van der Waals surface area contributed by atoms with Crippen molar-refractivity contribution in [1.29, 1.82) is 0 Å². The summed E-state index contributed by atoms with van der Waals surface area (Å²) in [5.74, 6) is -0.573. The van der Waals surface area contributed by atoms with Gasteiger partial charge in [0.2, 0.25) is 0 Å². The monoisotopic (exact) mass is 246 g/mol. The predicted octanol–water partition coefficient (Wildman–Crippen LogP) is 2.32. The first-order valence-electron chi connectivity index (χ1n) is 3.96. The molecule has 7 heteroatoms. The Morgan fingerprint density at radius 2 is 1.87 bits per heavy atom. The Hall–Kier alpha value is -1.20. The van der Waals surface area contributed by atoms with Gasteiger partial charge in [0, 0.05) is 13.2 Å². The molecular formula is C8H5Cl2FN4. The molecule has 0 saturated heterocycles. The Labute approximate surface area is 94.7 Å². The van der Waals surface area contributed by atoms with Crippen LogP contribution in [0.15, 0.2) is 12.3 Å². The minimum Gasteiger partial charge on any atom is -0.265 e. The molecule has 15 heavy (non-hydrogen) atoms. The van der Waals surface area contributed by atoms with Crippen LogP contribution < -0.4 is 0 Å². The van der Waals surface area contributed by atoms with Crippen LogP contribution in [0.5, 0.6) is 0 Å². The fraction of sp³-hybridized carbons (Fsp3) is 0.125. The first kappa shape index (κ1) is 10.3. The molecule has 0 amide bonds. The highest BCUT2D eigenvalue weighted by Gasteiger charge is 2.13. The predicted molar refractivity (Wildman–Crippen MR) is 54.2 cm³/mol. The molecule has 0 atom stereocenters. The third-order valence-electron chi connectivity index (χ3n) is 1.82. The first-order valence-corrected chi connectivity index (χ1v) is 4.72. The highest BCUT2D eigenvalue weighted by Crippen LogP contribution is 2.23. The molecule has 4 nitrogen and oxygen atoms in total. The lowest BCUT2D eigenvalue weighted by Gasteiger charge is -2.02. The van der Waals surface area contributed by atoms with E-state index in [9.17, 15) is 4.39 Å². The molecule has 2 aromatic heterocycles. The molecule has 0 fully saturated rings. The van der Waals surface area contributed by atoms with Crippen molar-refractivity contribution in [2.45, 2.75) is 0 Å². The summed E-state index contributed by atoms with van der Waals surface area (Å²) in [4.78, 5) is 7.54. The SMILES string of the molecule is Cn1nccc1-c1nc(Cl)c(F)c(Cl)n1. The number of hydrogen-bond donors (Lipinski definition) is 0. The molecule has 0 aliphatic carbocycles. The second kappa shape index (κ2) is 3.75. The molecule has 2 rings (SSSR count). The van der Waals surface area contributed by atoms with Gasteiger partial charge in [-0.2, -0.15) is 5.10 Å². The Balaban J connectivity index is 2.60. The minimum absolute atomic E-state index is 0.242. The third-order valence-corrected chi connectivity index (χ3v) is 2.32. The molecule has 0 bridgehead atoms. The Bertz CT molecular complexity index is 488. The number of nitrogens with zero attached hydrogens (tertiary/aromatic N) is 4. The summed E-state index contributed by atoms with van der Waals surface area (Å²) in [5.41, 5.74) is 0.610. The topological polar surface area (TPSA) is 43.6 Å². The van der Waals surface area contributed by atoms with Crippen LogP contribution in [0.2, 0.25) is 10.3 Å². The first-order chi connectivity index (χ1) is 7.09. The van der Waals surface area contributed by atoms with Crippen molar-refractivity contribution in [3.05, 3.63) is 28.4 Å². The van der Waals surface area contributed by atoms with Gasteiger partial charge in [-0.15, -0.1) is 0 Å². The van der Waals surface area contributed by atoms with E-state index < -0.39 is 5.82 Å². The summed E-state index contributed by atoms with van der Waals surface area (Å²) >= 11 is 11.1. The molecule has 78 valence electrons. The maximum absolute atomic E-state index is 13.0. The summed E-state index contributed by atoms with van der Waals surface area (Å²) in [6.07, 6.45) is 1.57. The van der Waals surface area contributed by atoms with E-state index in [0.717, 1.165) is 0 Å². The smallest absolute Gasteiger partial charge is 0.197 e. The van der Waals surface area contributed by atoms with Crippen LogP contribution in [0, 0.1) is 5.82 Å². The number of aromatic nitrogens is 4. The van der Waals surface area contributed by atoms with Gasteiger partial charge in [0.25, 0.3) is 0 Å². The van der Waals surface area contributed by atoms with E-state index in [1.165, 1.54) is 0 Å². The summed E-state index contributed by atoms with van der Waals surface area (Å²) in [5, 5.41) is 3.33. The molecule has 0 aromatic carbocycles. The van der Waals surface area contributed by atoms with Gasteiger partial charge in [0.15, 0.2) is 21.9 Å². The largest absolute Gasteiger partial charge is 0.265 e. The van der Waals surface area contributed by atoms with Crippen molar-refractivity contribution in [3.63, 3.8) is 0 Å². The molecule has 0 unspecified atom stereocenters. The zero-order chi connectivity index (χ0) is 11.0. The van der Waals surface area contributed by atoms with Gasteiger partial charge in [-0.25, -0.2) is 14.4 Å². The van der Waals surface area contributed by atoms with Gasteiger partial charge in [-0.3, -0.25) is 4.68 Å². The van der Waals surface area contributed by atoms with Gasteiger partial charge in [-0.05, 0) is 6.07 Å². The summed E-state index contributed by atoms with van der Waals surface area (Å²) in [7, 11) is 1.71. The minimum atomic E-state index is -0.816. The van der Waals surface area contributed by atoms with Crippen LogP contribution in [0.3, 0.4) is 0 Å². The fourth-order valence-corrected chi connectivity index (χ4v) is 1.49. The van der Waals surface area contributed by atoms with E-state index in [2.05, 4.69) is 15.1 Å². The van der Waals surface area contributed by atoms with Gasteiger partial charge >= 0.3 is 0 Å². The highest BCUT2D eigenvalue weighted by atomic mass is 35.5. The Morgan fingerprint density at radius 3 is 2.33 bits per heavy atom. The molecule has 0 aliphatic rings. The normalized spacial score (nSPS) is 10.7. The van der Waals surface area contributed by atoms with Crippen molar-refractivity contribution >= 4 is 23.2 Å². The molecule has 2 aromatic rings.